The van der Waals surface area contributed by atoms with Crippen molar-refractivity contribution in [1.29, 1.82) is 5.41 Å². The average Bonchev–Trinajstić information content (AvgIpc) is 1.87. The van der Waals surface area contributed by atoms with E-state index in [0.29, 0.717) is 5.92 Å². The Bertz CT molecular complexity index is 169. The van der Waals surface area contributed by atoms with Gasteiger partial charge in [0.15, 0.2) is 0 Å². The third kappa shape index (κ3) is 7.08. The van der Waals surface area contributed by atoms with E-state index in [1.54, 1.807) is 6.08 Å². The lowest BCUT2D eigenvalue weighted by molar-refractivity contribution is 0.660. The first-order valence-corrected chi connectivity index (χ1v) is 4.05. The van der Waals surface area contributed by atoms with Crippen molar-refractivity contribution in [2.75, 3.05) is 0 Å². The number of nitrogens with one attached hydrogen (secondary N) is 1. The fourth-order valence-corrected chi connectivity index (χ4v) is 0.860. The summed E-state index contributed by atoms with van der Waals surface area (Å²) in [7, 11) is 0. The second kappa shape index (κ2) is 5.94. The van der Waals surface area contributed by atoms with E-state index in [1.807, 2.05) is 0 Å². The lowest BCUT2D eigenvalue weighted by Crippen LogP contribution is -1.87. The zero-order chi connectivity index (χ0) is 8.69. The van der Waals surface area contributed by atoms with E-state index in [0.717, 1.165) is 12.8 Å². The van der Waals surface area contributed by atoms with Gasteiger partial charge in [0.05, 0.1) is 0 Å². The van der Waals surface area contributed by atoms with Crippen molar-refractivity contribution in [3.05, 3.63) is 17.7 Å². The molecule has 0 aromatic rings. The van der Waals surface area contributed by atoms with Crippen LogP contribution in [0.1, 0.15) is 33.6 Å². The van der Waals surface area contributed by atoms with E-state index in [1.165, 1.54) is 5.57 Å². The minimum absolute atomic E-state index is 0.489. The molecule has 0 saturated heterocycles. The van der Waals surface area contributed by atoms with Crippen LogP contribution in [0.25, 0.3) is 0 Å². The molecule has 0 aliphatic carbocycles. The molecule has 0 aliphatic rings. The van der Waals surface area contributed by atoms with E-state index < -0.39 is 0 Å². The minimum atomic E-state index is 0.489. The van der Waals surface area contributed by atoms with Crippen molar-refractivity contribution < 1.29 is 0 Å². The topological polar surface area (TPSA) is 23.9 Å². The molecule has 0 heterocycles. The Morgan fingerprint density at radius 3 is 2.64 bits per heavy atom. The van der Waals surface area contributed by atoms with Crippen LogP contribution in [0, 0.1) is 11.3 Å². The Kier molecular flexibility index (Phi) is 5.50. The number of hydrogen-bond acceptors (Lipinski definition) is 1. The molecule has 0 aromatic heterocycles. The van der Waals surface area contributed by atoms with Crippen molar-refractivity contribution in [2.45, 2.75) is 33.6 Å². The van der Waals surface area contributed by atoms with Crippen LogP contribution in [-0.2, 0) is 0 Å². The van der Waals surface area contributed by atoms with Gasteiger partial charge in [-0.2, -0.15) is 0 Å². The molecule has 0 fully saturated rings. The second-order valence-electron chi connectivity index (χ2n) is 3.15. The predicted molar refractivity (Wildman–Crippen MR) is 50.1 cm³/mol. The first-order chi connectivity index (χ1) is 5.16. The van der Waals surface area contributed by atoms with Crippen LogP contribution in [-0.4, -0.2) is 5.87 Å². The zero-order valence-corrected chi connectivity index (χ0v) is 7.65. The molecular weight excluding hydrogens is 134 g/mol. The van der Waals surface area contributed by atoms with Crippen LogP contribution < -0.4 is 0 Å². The highest BCUT2D eigenvalue weighted by atomic mass is 14.3. The smallest absolute Gasteiger partial charge is 0.0168 e. The molecule has 0 aliphatic heterocycles. The molecule has 0 spiro atoms. The van der Waals surface area contributed by atoms with E-state index >= 15 is 0 Å². The van der Waals surface area contributed by atoms with Gasteiger partial charge in [-0.15, -0.1) is 0 Å². The highest BCUT2D eigenvalue weighted by molar-refractivity contribution is 5.47. The van der Waals surface area contributed by atoms with Crippen LogP contribution in [0.4, 0.5) is 0 Å². The van der Waals surface area contributed by atoms with Crippen LogP contribution in [0.5, 0.6) is 0 Å². The van der Waals surface area contributed by atoms with Crippen LogP contribution in [0.3, 0.4) is 0 Å². The maximum atomic E-state index is 6.73. The lowest BCUT2D eigenvalue weighted by atomic mass is 10.1. The van der Waals surface area contributed by atoms with Crippen LogP contribution >= 0.6 is 0 Å². The quantitative estimate of drug-likeness (QED) is 0.471. The molecule has 1 unspecified atom stereocenters. The third-order valence-corrected chi connectivity index (χ3v) is 1.54. The molecule has 1 N–H and O–H groups in total. The summed E-state index contributed by atoms with van der Waals surface area (Å²) in [6.07, 6.45) is 6.27. The van der Waals surface area contributed by atoms with E-state index in [-0.39, 0.29) is 0 Å². The maximum Gasteiger partial charge on any atom is -0.0168 e. The first kappa shape index (κ1) is 10.2. The number of hydrogen-bond donors (Lipinski definition) is 1. The van der Waals surface area contributed by atoms with Gasteiger partial charge < -0.3 is 0 Å². The normalized spacial score (nSPS) is 11.5. The van der Waals surface area contributed by atoms with Crippen LogP contribution in [0.2, 0.25) is 0 Å². The Labute approximate surface area is 69.3 Å². The molecule has 11 heavy (non-hydrogen) atoms. The zero-order valence-electron chi connectivity index (χ0n) is 7.65. The van der Waals surface area contributed by atoms with Gasteiger partial charge in [0.1, 0.15) is 0 Å². The monoisotopic (exact) mass is 151 g/mol. The van der Waals surface area contributed by atoms with Gasteiger partial charge in [-0.3, -0.25) is 5.41 Å². The summed E-state index contributed by atoms with van der Waals surface area (Å²) in [6, 6.07) is 0. The molecule has 0 aromatic carbocycles. The van der Waals surface area contributed by atoms with Gasteiger partial charge in [0.25, 0.3) is 0 Å². The molecule has 0 amide bonds. The Morgan fingerprint density at radius 2 is 2.18 bits per heavy atom. The molecule has 0 saturated carbocycles. The highest BCUT2D eigenvalue weighted by Gasteiger charge is 1.93. The maximum absolute atomic E-state index is 6.73. The molecule has 1 heteroatoms. The molecule has 0 radical (unpaired) electrons. The Morgan fingerprint density at radius 1 is 1.55 bits per heavy atom. The lowest BCUT2D eigenvalue weighted by Gasteiger charge is -2.00. The van der Waals surface area contributed by atoms with Gasteiger partial charge in [-0.1, -0.05) is 18.6 Å². The molecule has 1 nitrogen and oxygen atoms in total. The largest absolute Gasteiger partial charge is 0.259 e. The summed E-state index contributed by atoms with van der Waals surface area (Å²) in [5.74, 6) is 2.80. The molecule has 62 valence electrons. The van der Waals surface area contributed by atoms with Gasteiger partial charge >= 0.3 is 0 Å². The predicted octanol–water partition coefficient (Wildman–Crippen LogP) is 3.17. The second-order valence-corrected chi connectivity index (χ2v) is 3.15. The third-order valence-electron chi connectivity index (χ3n) is 1.54. The molecule has 0 rings (SSSR count). The SMILES string of the molecule is CC(C)=CCCC(C)C=C=N. The van der Waals surface area contributed by atoms with Crippen molar-refractivity contribution in [3.63, 3.8) is 0 Å². The van der Waals surface area contributed by atoms with Gasteiger partial charge in [0.2, 0.25) is 0 Å². The first-order valence-electron chi connectivity index (χ1n) is 4.05. The summed E-state index contributed by atoms with van der Waals surface area (Å²) in [6.45, 7) is 6.33. The fourth-order valence-electron chi connectivity index (χ4n) is 0.860. The Balaban J connectivity index is 3.54. The number of rotatable bonds is 4. The minimum Gasteiger partial charge on any atom is -0.259 e. The fraction of sp³-hybridized carbons (Fsp3) is 0.600. The number of allylic oxidation sites excluding steroid dienone is 3. The van der Waals surface area contributed by atoms with Gasteiger partial charge in [-0.25, -0.2) is 0 Å². The molecule has 1 atom stereocenters. The average molecular weight is 151 g/mol. The molecular formula is C10H17N. The van der Waals surface area contributed by atoms with Gasteiger partial charge in [-0.05, 0) is 44.6 Å². The summed E-state index contributed by atoms with van der Waals surface area (Å²) >= 11 is 0. The summed E-state index contributed by atoms with van der Waals surface area (Å²) in [4.78, 5) is 0. The van der Waals surface area contributed by atoms with Gasteiger partial charge in [0, 0.05) is 0 Å². The van der Waals surface area contributed by atoms with E-state index in [4.69, 9.17) is 5.41 Å². The Hall–Kier alpha value is -0.810. The summed E-state index contributed by atoms with van der Waals surface area (Å²) in [5.41, 5.74) is 1.37. The van der Waals surface area contributed by atoms with Crippen molar-refractivity contribution >= 4 is 5.87 Å². The van der Waals surface area contributed by atoms with E-state index in [9.17, 15) is 0 Å². The molecule has 0 bridgehead atoms. The summed E-state index contributed by atoms with van der Waals surface area (Å²) < 4.78 is 0. The standard InChI is InChI=1S/C10H17N/c1-9(2)5-4-6-10(3)7-8-11/h5,7,10-11H,4,6H2,1-3H3. The van der Waals surface area contributed by atoms with Crippen molar-refractivity contribution in [3.8, 4) is 0 Å². The van der Waals surface area contributed by atoms with Crippen molar-refractivity contribution in [2.24, 2.45) is 5.92 Å². The summed E-state index contributed by atoms with van der Waals surface area (Å²) in [5, 5.41) is 6.73. The van der Waals surface area contributed by atoms with E-state index in [2.05, 4.69) is 32.7 Å². The highest BCUT2D eigenvalue weighted by Crippen LogP contribution is 2.07. The van der Waals surface area contributed by atoms with Crippen LogP contribution in [0.15, 0.2) is 17.7 Å². The van der Waals surface area contributed by atoms with Crippen molar-refractivity contribution in [1.82, 2.24) is 0 Å².